The first-order valence-electron chi connectivity index (χ1n) is 10.2. The summed E-state index contributed by atoms with van der Waals surface area (Å²) in [6.07, 6.45) is 1.74. The molecule has 0 amide bonds. The fourth-order valence-electron chi connectivity index (χ4n) is 3.26. The molecule has 0 saturated carbocycles. The third-order valence-electron chi connectivity index (χ3n) is 5.04. The van der Waals surface area contributed by atoms with E-state index < -0.39 is 17.1 Å². The number of aryl methyl sites for hydroxylation is 1. The minimum Gasteiger partial charge on any atom is -0.609 e. The van der Waals surface area contributed by atoms with Crippen LogP contribution >= 0.6 is 0 Å². The molecule has 0 radical (unpaired) electrons. The van der Waals surface area contributed by atoms with Crippen LogP contribution in [0.2, 0.25) is 0 Å². The number of imidazole rings is 1. The molecule has 178 valence electrons. The van der Waals surface area contributed by atoms with E-state index in [1.54, 1.807) is 32.5 Å². The summed E-state index contributed by atoms with van der Waals surface area (Å²) in [6, 6.07) is 11.3. The van der Waals surface area contributed by atoms with Crippen molar-refractivity contribution in [2.45, 2.75) is 24.8 Å². The molecule has 0 saturated heterocycles. The summed E-state index contributed by atoms with van der Waals surface area (Å²) in [6.45, 7) is 3.86. The molecule has 2 aromatic heterocycles. The van der Waals surface area contributed by atoms with Gasteiger partial charge in [0.05, 0.1) is 30.9 Å². The Morgan fingerprint density at radius 1 is 1.15 bits per heavy atom. The molecular formula is C24H25N3O6S. The fraction of sp³-hybridized carbons (Fsp3) is 0.208. The maximum atomic E-state index is 12.7. The van der Waals surface area contributed by atoms with Crippen LogP contribution in [0.3, 0.4) is 0 Å². The van der Waals surface area contributed by atoms with E-state index in [0.717, 1.165) is 33.6 Å². The van der Waals surface area contributed by atoms with Gasteiger partial charge in [-0.15, -0.1) is 0 Å². The Kier molecular flexibility index (Phi) is 7.98. The number of nitrogens with zero attached hydrogens (tertiary/aromatic N) is 2. The highest BCUT2D eigenvalue weighted by atomic mass is 32.2. The maximum Gasteiger partial charge on any atom is 0.339 e. The SMILES string of the molecule is COc1ccc2[nH]c([S+]([O-])Cc3ncc(C)c(OC)c3C)nc2c1.O=C(O)c1ccccc1O. The zero-order chi connectivity index (χ0) is 24.8. The first-order valence-corrected chi connectivity index (χ1v) is 11.5. The van der Waals surface area contributed by atoms with Crippen LogP contribution in [-0.4, -0.2) is 49.9 Å². The van der Waals surface area contributed by atoms with Crippen molar-refractivity contribution in [3.8, 4) is 17.2 Å². The molecule has 2 aromatic carbocycles. The molecule has 0 aliphatic rings. The van der Waals surface area contributed by atoms with Gasteiger partial charge in [0.15, 0.2) is 5.75 Å². The summed E-state index contributed by atoms with van der Waals surface area (Å²) < 4.78 is 23.3. The summed E-state index contributed by atoms with van der Waals surface area (Å²) in [5.74, 6) is 0.464. The van der Waals surface area contributed by atoms with Crippen molar-refractivity contribution in [2.24, 2.45) is 0 Å². The standard InChI is InChI=1S/C17H19N3O3S.C7H6O3/c1-10-8-18-15(11(2)16(10)23-4)9-24(21)17-19-13-6-5-12(22-3)7-14(13)20-17;8-6-4-2-1-3-5(6)7(9)10/h5-8H,9H2,1-4H3,(H,19,20);1-4,8H,(H,9,10). The smallest absolute Gasteiger partial charge is 0.339 e. The van der Waals surface area contributed by atoms with E-state index in [1.165, 1.54) is 12.1 Å². The number of aromatic carboxylic acids is 1. The van der Waals surface area contributed by atoms with Gasteiger partial charge in [0.25, 0.3) is 0 Å². The number of carboxylic acids is 1. The second kappa shape index (κ2) is 10.9. The zero-order valence-corrected chi connectivity index (χ0v) is 20.0. The third-order valence-corrected chi connectivity index (χ3v) is 6.20. The highest BCUT2D eigenvalue weighted by Gasteiger charge is 2.21. The largest absolute Gasteiger partial charge is 0.609 e. The molecular weight excluding hydrogens is 458 g/mol. The van der Waals surface area contributed by atoms with Crippen LogP contribution in [0.1, 0.15) is 27.2 Å². The number of carbonyl (C=O) groups is 1. The lowest BCUT2D eigenvalue weighted by Crippen LogP contribution is -2.10. The lowest BCUT2D eigenvalue weighted by Gasteiger charge is -2.13. The lowest BCUT2D eigenvalue weighted by molar-refractivity contribution is 0.0693. The van der Waals surface area contributed by atoms with E-state index in [4.69, 9.17) is 19.7 Å². The van der Waals surface area contributed by atoms with Gasteiger partial charge >= 0.3 is 11.1 Å². The van der Waals surface area contributed by atoms with Crippen LogP contribution in [-0.2, 0) is 16.9 Å². The molecule has 0 bridgehead atoms. The third kappa shape index (κ3) is 5.59. The molecule has 1 unspecified atom stereocenters. The van der Waals surface area contributed by atoms with Gasteiger partial charge in [-0.1, -0.05) is 12.1 Å². The highest BCUT2D eigenvalue weighted by Crippen LogP contribution is 2.27. The van der Waals surface area contributed by atoms with Crippen molar-refractivity contribution in [1.82, 2.24) is 15.0 Å². The summed E-state index contributed by atoms with van der Waals surface area (Å²) >= 11 is -1.33. The van der Waals surface area contributed by atoms with Gasteiger partial charge in [0, 0.05) is 34.6 Å². The zero-order valence-electron chi connectivity index (χ0n) is 19.2. The van der Waals surface area contributed by atoms with Crippen LogP contribution in [0.5, 0.6) is 17.2 Å². The number of aromatic nitrogens is 3. The monoisotopic (exact) mass is 483 g/mol. The molecule has 0 fully saturated rings. The quantitative estimate of drug-likeness (QED) is 0.350. The van der Waals surface area contributed by atoms with E-state index in [2.05, 4.69) is 15.0 Å². The number of hydrogen-bond acceptors (Lipinski definition) is 7. The second-order valence-corrected chi connectivity index (χ2v) is 8.65. The van der Waals surface area contributed by atoms with E-state index in [0.29, 0.717) is 10.9 Å². The Morgan fingerprint density at radius 3 is 2.50 bits per heavy atom. The van der Waals surface area contributed by atoms with E-state index >= 15 is 0 Å². The van der Waals surface area contributed by atoms with E-state index in [-0.39, 0.29) is 17.1 Å². The normalized spacial score (nSPS) is 11.4. The molecule has 10 heteroatoms. The predicted octanol–water partition coefficient (Wildman–Crippen LogP) is 3.99. The van der Waals surface area contributed by atoms with E-state index in [9.17, 15) is 9.35 Å². The summed E-state index contributed by atoms with van der Waals surface area (Å²) in [4.78, 5) is 22.2. The number of aromatic amines is 1. The molecule has 9 nitrogen and oxygen atoms in total. The molecule has 0 aliphatic heterocycles. The Morgan fingerprint density at radius 2 is 1.88 bits per heavy atom. The van der Waals surface area contributed by atoms with Crippen molar-refractivity contribution in [3.63, 3.8) is 0 Å². The molecule has 4 aromatic rings. The van der Waals surface area contributed by atoms with Gasteiger partial charge in [-0.3, -0.25) is 9.97 Å². The van der Waals surface area contributed by atoms with Gasteiger partial charge < -0.3 is 24.2 Å². The van der Waals surface area contributed by atoms with Crippen molar-refractivity contribution < 1.29 is 29.0 Å². The van der Waals surface area contributed by atoms with E-state index in [1.807, 2.05) is 32.0 Å². The second-order valence-electron chi connectivity index (χ2n) is 7.28. The van der Waals surface area contributed by atoms with Crippen molar-refractivity contribution in [2.75, 3.05) is 14.2 Å². The number of carboxylic acid groups (broad SMARTS) is 1. The number of methoxy groups -OCH3 is 2. The number of fused-ring (bicyclic) bond motifs is 1. The highest BCUT2D eigenvalue weighted by molar-refractivity contribution is 7.90. The van der Waals surface area contributed by atoms with Crippen LogP contribution < -0.4 is 9.47 Å². The molecule has 0 spiro atoms. The van der Waals surface area contributed by atoms with Crippen molar-refractivity contribution in [3.05, 3.63) is 71.0 Å². The summed E-state index contributed by atoms with van der Waals surface area (Å²) in [5, 5.41) is 17.7. The number of nitrogens with one attached hydrogen (secondary N) is 1. The number of hydrogen-bond donors (Lipinski definition) is 3. The lowest BCUT2D eigenvalue weighted by atomic mass is 10.1. The Bertz CT molecular complexity index is 1310. The average molecular weight is 484 g/mol. The van der Waals surface area contributed by atoms with Gasteiger partial charge in [-0.25, -0.2) is 4.79 Å². The van der Waals surface area contributed by atoms with Gasteiger partial charge in [-0.05, 0) is 38.1 Å². The average Bonchev–Trinajstić information content (AvgIpc) is 3.25. The maximum absolute atomic E-state index is 12.7. The number of aromatic hydroxyl groups is 1. The summed E-state index contributed by atoms with van der Waals surface area (Å²) in [7, 11) is 3.23. The molecule has 34 heavy (non-hydrogen) atoms. The Labute approximate surface area is 199 Å². The Hall–Kier alpha value is -3.76. The van der Waals surface area contributed by atoms with Crippen LogP contribution in [0.4, 0.5) is 0 Å². The predicted molar refractivity (Wildman–Crippen MR) is 128 cm³/mol. The number of benzene rings is 2. The van der Waals surface area contributed by atoms with Gasteiger partial charge in [-0.2, -0.15) is 4.98 Å². The van der Waals surface area contributed by atoms with Crippen LogP contribution in [0.25, 0.3) is 11.0 Å². The minimum absolute atomic E-state index is 0.0671. The van der Waals surface area contributed by atoms with Crippen LogP contribution in [0, 0.1) is 13.8 Å². The van der Waals surface area contributed by atoms with Crippen LogP contribution in [0.15, 0.2) is 53.8 Å². The fourth-order valence-corrected chi connectivity index (χ4v) is 4.36. The number of H-pyrrole nitrogens is 1. The Balaban J connectivity index is 0.000000271. The van der Waals surface area contributed by atoms with Crippen molar-refractivity contribution >= 4 is 28.2 Å². The van der Waals surface area contributed by atoms with Crippen molar-refractivity contribution in [1.29, 1.82) is 0 Å². The molecule has 2 heterocycles. The number of ether oxygens (including phenoxy) is 2. The molecule has 1 atom stereocenters. The number of para-hydroxylation sites is 1. The molecule has 3 N–H and O–H groups in total. The summed E-state index contributed by atoms with van der Waals surface area (Å²) in [5.41, 5.74) is 4.09. The number of phenols is 1. The number of pyridine rings is 1. The molecule has 0 aliphatic carbocycles. The van der Waals surface area contributed by atoms with Gasteiger partial charge in [0.1, 0.15) is 22.8 Å². The minimum atomic E-state index is -1.33. The first kappa shape index (κ1) is 24.9. The topological polar surface area (TPSA) is 141 Å². The number of rotatable bonds is 6. The van der Waals surface area contributed by atoms with Gasteiger partial charge in [0.2, 0.25) is 0 Å². The molecule has 4 rings (SSSR count). The first-order chi connectivity index (χ1) is 16.2.